The van der Waals surface area contributed by atoms with Gasteiger partial charge in [-0.25, -0.2) is 0 Å². The molecule has 0 saturated carbocycles. The molecule has 2 aliphatic rings. The van der Waals surface area contributed by atoms with E-state index in [1.165, 1.54) is 0 Å². The number of carbonyl (C=O) groups is 2. The summed E-state index contributed by atoms with van der Waals surface area (Å²) < 4.78 is 0. The van der Waals surface area contributed by atoms with E-state index < -0.39 is 24.1 Å². The monoisotopic (exact) mass is 495 g/mol. The fourth-order valence-corrected chi connectivity index (χ4v) is 5.23. The lowest BCUT2D eigenvalue weighted by atomic mass is 9.87. The second-order valence-corrected chi connectivity index (χ2v) is 9.37. The van der Waals surface area contributed by atoms with Crippen molar-refractivity contribution in [2.75, 3.05) is 11.9 Å². The lowest BCUT2D eigenvalue weighted by Crippen LogP contribution is -2.45. The third-order valence-corrected chi connectivity index (χ3v) is 6.96. The van der Waals surface area contributed by atoms with Crippen molar-refractivity contribution in [1.29, 1.82) is 0 Å². The highest BCUT2D eigenvalue weighted by Crippen LogP contribution is 2.41. The van der Waals surface area contributed by atoms with Crippen molar-refractivity contribution in [3.8, 4) is 0 Å². The highest BCUT2D eigenvalue weighted by Gasteiger charge is 2.46. The first-order chi connectivity index (χ1) is 16.4. The normalized spacial score (nSPS) is 24.3. The Morgan fingerprint density at radius 3 is 2.50 bits per heavy atom. The molecule has 0 aliphatic carbocycles. The molecular weight excluding hydrogens is 473 g/mol. The minimum Gasteiger partial charge on any atom is -0.324 e. The number of fused-ring (bicyclic) bond motifs is 1. The summed E-state index contributed by atoms with van der Waals surface area (Å²) in [5.41, 5.74) is 6.03. The van der Waals surface area contributed by atoms with Crippen molar-refractivity contribution in [2.24, 2.45) is 5.92 Å². The zero-order valence-electron chi connectivity index (χ0n) is 18.4. The van der Waals surface area contributed by atoms with E-state index in [-0.39, 0.29) is 18.4 Å². The molecule has 0 radical (unpaired) electrons. The first-order valence-corrected chi connectivity index (χ1v) is 11.8. The predicted octanol–water partition coefficient (Wildman–Crippen LogP) is 5.14. The van der Waals surface area contributed by atoms with E-state index in [2.05, 4.69) is 10.8 Å². The summed E-state index contributed by atoms with van der Waals surface area (Å²) in [5, 5.41) is 4.00. The molecule has 0 spiro atoms. The summed E-state index contributed by atoms with van der Waals surface area (Å²) in [7, 11) is 0. The molecule has 1 fully saturated rings. The Bertz CT molecular complexity index is 1240. The zero-order chi connectivity index (χ0) is 23.8. The van der Waals surface area contributed by atoms with E-state index in [0.29, 0.717) is 15.7 Å². The molecule has 2 N–H and O–H groups in total. The van der Waals surface area contributed by atoms with Crippen LogP contribution in [0, 0.1) is 5.92 Å². The van der Waals surface area contributed by atoms with Crippen molar-refractivity contribution >= 4 is 40.7 Å². The van der Waals surface area contributed by atoms with Crippen LogP contribution in [0.25, 0.3) is 0 Å². The molecule has 4 unspecified atom stereocenters. The van der Waals surface area contributed by atoms with Gasteiger partial charge in [-0.2, -0.15) is 5.48 Å². The van der Waals surface area contributed by atoms with Crippen molar-refractivity contribution in [3.63, 3.8) is 0 Å². The van der Waals surface area contributed by atoms with Crippen LogP contribution in [0.2, 0.25) is 10.0 Å². The van der Waals surface area contributed by atoms with Crippen LogP contribution in [0.15, 0.2) is 72.8 Å². The standard InChI is InChI=1S/C26H23Cl2N3O3/c1-15-23(24(30-34-15)18-9-5-6-10-20(18)28)26(33)31-14-22(32)29-21-12-11-17(27)13-19(21)25(31)16-7-3-2-4-8-16/h2-13,15,23-25,30H,14H2,1H3,(H,29,32). The van der Waals surface area contributed by atoms with E-state index in [4.69, 9.17) is 28.0 Å². The lowest BCUT2D eigenvalue weighted by molar-refractivity contribution is -0.141. The van der Waals surface area contributed by atoms with Gasteiger partial charge in [-0.1, -0.05) is 71.7 Å². The molecule has 4 atom stereocenters. The van der Waals surface area contributed by atoms with Crippen LogP contribution in [0.1, 0.15) is 35.7 Å². The van der Waals surface area contributed by atoms with Gasteiger partial charge in [0.15, 0.2) is 0 Å². The van der Waals surface area contributed by atoms with Crippen LogP contribution in [-0.4, -0.2) is 29.4 Å². The fourth-order valence-electron chi connectivity index (χ4n) is 4.79. The molecule has 0 aromatic heterocycles. The smallest absolute Gasteiger partial charge is 0.244 e. The third-order valence-electron chi connectivity index (χ3n) is 6.38. The molecule has 2 amide bonds. The Kier molecular flexibility index (Phi) is 6.32. The summed E-state index contributed by atoms with van der Waals surface area (Å²) in [6, 6.07) is 21.3. The van der Waals surface area contributed by atoms with Crippen molar-refractivity contribution in [3.05, 3.63) is 99.5 Å². The molecule has 2 heterocycles. The van der Waals surface area contributed by atoms with E-state index >= 15 is 0 Å². The maximum Gasteiger partial charge on any atom is 0.244 e. The molecule has 5 rings (SSSR count). The number of nitrogens with zero attached hydrogens (tertiary/aromatic N) is 1. The molecule has 8 heteroatoms. The van der Waals surface area contributed by atoms with E-state index in [0.717, 1.165) is 16.7 Å². The average molecular weight is 496 g/mol. The molecule has 6 nitrogen and oxygen atoms in total. The largest absolute Gasteiger partial charge is 0.324 e. The Morgan fingerprint density at radius 2 is 1.74 bits per heavy atom. The van der Waals surface area contributed by atoms with Gasteiger partial charge in [-0.05, 0) is 42.3 Å². The number of amides is 2. The highest BCUT2D eigenvalue weighted by molar-refractivity contribution is 6.31. The highest BCUT2D eigenvalue weighted by atomic mass is 35.5. The van der Waals surface area contributed by atoms with Gasteiger partial charge in [0.25, 0.3) is 0 Å². The summed E-state index contributed by atoms with van der Waals surface area (Å²) >= 11 is 12.8. The minimum atomic E-state index is -0.598. The summed E-state index contributed by atoms with van der Waals surface area (Å²) in [6.45, 7) is 1.73. The number of halogens is 2. The number of hydrogen-bond acceptors (Lipinski definition) is 4. The number of rotatable bonds is 3. The SMILES string of the molecule is CC1ONC(c2ccccc2Cl)C1C(=O)N1CC(=O)Nc2ccc(Cl)cc2C1c1ccccc1. The van der Waals surface area contributed by atoms with Crippen LogP contribution in [-0.2, 0) is 14.4 Å². The third kappa shape index (κ3) is 4.18. The number of nitrogens with one attached hydrogen (secondary N) is 2. The van der Waals surface area contributed by atoms with Gasteiger partial charge in [0, 0.05) is 21.3 Å². The lowest BCUT2D eigenvalue weighted by Gasteiger charge is -2.34. The molecule has 0 bridgehead atoms. The Balaban J connectivity index is 1.62. The van der Waals surface area contributed by atoms with Gasteiger partial charge >= 0.3 is 0 Å². The maximum absolute atomic E-state index is 14.2. The van der Waals surface area contributed by atoms with Gasteiger partial charge in [-0.15, -0.1) is 0 Å². The zero-order valence-corrected chi connectivity index (χ0v) is 19.9. The van der Waals surface area contributed by atoms with Gasteiger partial charge in [-0.3, -0.25) is 14.4 Å². The number of hydroxylamine groups is 1. The second kappa shape index (κ2) is 9.39. The second-order valence-electron chi connectivity index (χ2n) is 8.52. The van der Waals surface area contributed by atoms with Crippen LogP contribution < -0.4 is 10.8 Å². The molecule has 3 aromatic carbocycles. The maximum atomic E-state index is 14.2. The minimum absolute atomic E-state index is 0.108. The van der Waals surface area contributed by atoms with Crippen molar-refractivity contribution < 1.29 is 14.4 Å². The van der Waals surface area contributed by atoms with Crippen LogP contribution >= 0.6 is 23.2 Å². The van der Waals surface area contributed by atoms with E-state index in [1.54, 1.807) is 29.2 Å². The number of hydrogen-bond donors (Lipinski definition) is 2. The van der Waals surface area contributed by atoms with Crippen LogP contribution in [0.5, 0.6) is 0 Å². The van der Waals surface area contributed by atoms with Crippen molar-refractivity contribution in [1.82, 2.24) is 10.4 Å². The molecule has 2 aliphatic heterocycles. The number of benzene rings is 3. The van der Waals surface area contributed by atoms with Gasteiger partial charge in [0.1, 0.15) is 6.54 Å². The number of anilines is 1. The quantitative estimate of drug-likeness (QED) is 0.527. The van der Waals surface area contributed by atoms with E-state index in [1.807, 2.05) is 55.5 Å². The summed E-state index contributed by atoms with van der Waals surface area (Å²) in [4.78, 5) is 34.5. The molecular formula is C26H23Cl2N3O3. The Hall–Kier alpha value is -2.90. The van der Waals surface area contributed by atoms with Gasteiger partial charge in [0.05, 0.1) is 24.1 Å². The van der Waals surface area contributed by atoms with Crippen molar-refractivity contribution in [2.45, 2.75) is 25.1 Å². The molecule has 34 heavy (non-hydrogen) atoms. The van der Waals surface area contributed by atoms with Gasteiger partial charge in [0.2, 0.25) is 11.8 Å². The summed E-state index contributed by atoms with van der Waals surface area (Å²) in [6.07, 6.45) is -0.435. The topological polar surface area (TPSA) is 70.7 Å². The predicted molar refractivity (Wildman–Crippen MR) is 131 cm³/mol. The van der Waals surface area contributed by atoms with Gasteiger partial charge < -0.3 is 10.2 Å². The van der Waals surface area contributed by atoms with Crippen LogP contribution in [0.4, 0.5) is 5.69 Å². The first kappa shape index (κ1) is 22.9. The number of carbonyl (C=O) groups excluding carboxylic acids is 2. The molecule has 1 saturated heterocycles. The average Bonchev–Trinajstić information content (AvgIpc) is 3.14. The Morgan fingerprint density at radius 1 is 1.00 bits per heavy atom. The summed E-state index contributed by atoms with van der Waals surface area (Å²) in [5.74, 6) is -1.08. The van der Waals surface area contributed by atoms with Crippen LogP contribution in [0.3, 0.4) is 0 Å². The first-order valence-electron chi connectivity index (χ1n) is 11.0. The van der Waals surface area contributed by atoms with E-state index in [9.17, 15) is 9.59 Å². The molecule has 3 aromatic rings. The molecule has 174 valence electrons. The Labute approximate surface area is 207 Å². The fraction of sp³-hybridized carbons (Fsp3) is 0.231.